The first kappa shape index (κ1) is 21.0. The van der Waals surface area contributed by atoms with Gasteiger partial charge in [-0.05, 0) is 62.4 Å². The molecule has 0 spiro atoms. The van der Waals surface area contributed by atoms with E-state index in [0.717, 1.165) is 47.2 Å². The van der Waals surface area contributed by atoms with E-state index >= 15 is 0 Å². The van der Waals surface area contributed by atoms with E-state index in [1.54, 1.807) is 28.2 Å². The predicted molar refractivity (Wildman–Crippen MR) is 128 cm³/mol. The molecule has 0 saturated carbocycles. The average molecular weight is 466 g/mol. The maximum atomic E-state index is 13.7. The van der Waals surface area contributed by atoms with Crippen LogP contribution in [0.1, 0.15) is 34.6 Å². The summed E-state index contributed by atoms with van der Waals surface area (Å²) in [6, 6.07) is 11.4. The summed E-state index contributed by atoms with van der Waals surface area (Å²) in [5.74, 6) is 0.723. The second-order valence-corrected chi connectivity index (χ2v) is 9.93. The molecule has 4 aromatic rings. The highest BCUT2D eigenvalue weighted by molar-refractivity contribution is 7.99. The van der Waals surface area contributed by atoms with Crippen LogP contribution in [-0.4, -0.2) is 21.2 Å². The van der Waals surface area contributed by atoms with Gasteiger partial charge in [-0.3, -0.25) is 14.2 Å². The topological polar surface area (TPSA) is 77.1 Å². The van der Waals surface area contributed by atoms with Gasteiger partial charge in [-0.1, -0.05) is 29.5 Å². The third kappa shape index (κ3) is 4.12. The summed E-state index contributed by atoms with van der Waals surface area (Å²) in [4.78, 5) is 33.1. The first-order chi connectivity index (χ1) is 15.6. The van der Waals surface area contributed by atoms with Gasteiger partial charge >= 0.3 is 0 Å². The molecule has 1 aliphatic carbocycles. The van der Waals surface area contributed by atoms with Crippen LogP contribution >= 0.6 is 23.1 Å². The number of furan rings is 1. The number of rotatable bonds is 6. The largest absolute Gasteiger partial charge is 0.467 e. The standard InChI is InChI=1S/C24H23N3O3S2/c1-15-8-10-16(11-9-15)27-23(29)21-18-6-2-3-7-19(18)32-22(21)26-24(27)31-14-20(28)25-13-17-5-4-12-30-17/h4-5,8-12H,2-3,6-7,13-14H2,1H3,(H,25,28). The average Bonchev–Trinajstić information content (AvgIpc) is 3.45. The SMILES string of the molecule is Cc1ccc(-n2c(SCC(=O)NCc3ccco3)nc3sc4c(c3c2=O)CCCC4)cc1. The summed E-state index contributed by atoms with van der Waals surface area (Å²) in [6.45, 7) is 2.35. The Morgan fingerprint density at radius 2 is 2.03 bits per heavy atom. The number of benzene rings is 1. The van der Waals surface area contributed by atoms with Crippen LogP contribution in [0.3, 0.4) is 0 Å². The fourth-order valence-corrected chi connectivity index (χ4v) is 6.13. The molecule has 164 valence electrons. The van der Waals surface area contributed by atoms with Gasteiger partial charge in [0.25, 0.3) is 5.56 Å². The zero-order valence-corrected chi connectivity index (χ0v) is 19.4. The number of nitrogens with zero attached hydrogens (tertiary/aromatic N) is 2. The van der Waals surface area contributed by atoms with Crippen molar-refractivity contribution in [2.24, 2.45) is 0 Å². The van der Waals surface area contributed by atoms with Crippen molar-refractivity contribution in [2.75, 3.05) is 5.75 Å². The van der Waals surface area contributed by atoms with Gasteiger partial charge < -0.3 is 9.73 Å². The van der Waals surface area contributed by atoms with Crippen LogP contribution in [0.25, 0.3) is 15.9 Å². The van der Waals surface area contributed by atoms with Crippen LogP contribution in [0.15, 0.2) is 57.0 Å². The lowest BCUT2D eigenvalue weighted by Crippen LogP contribution is -2.26. The summed E-state index contributed by atoms with van der Waals surface area (Å²) in [5.41, 5.74) is 3.01. The van der Waals surface area contributed by atoms with Gasteiger partial charge in [0.05, 0.1) is 29.6 Å². The van der Waals surface area contributed by atoms with Crippen LogP contribution in [0.2, 0.25) is 0 Å². The smallest absolute Gasteiger partial charge is 0.267 e. The molecule has 0 aliphatic heterocycles. The zero-order valence-electron chi connectivity index (χ0n) is 17.7. The Morgan fingerprint density at radius 3 is 2.81 bits per heavy atom. The molecule has 1 amide bonds. The van der Waals surface area contributed by atoms with Crippen molar-refractivity contribution in [3.05, 3.63) is 74.8 Å². The fraction of sp³-hybridized carbons (Fsp3) is 0.292. The van der Waals surface area contributed by atoms with Gasteiger partial charge in [0.2, 0.25) is 5.91 Å². The molecule has 1 aromatic carbocycles. The van der Waals surface area contributed by atoms with Crippen molar-refractivity contribution in [1.82, 2.24) is 14.9 Å². The summed E-state index contributed by atoms with van der Waals surface area (Å²) in [6.07, 6.45) is 5.79. The molecule has 1 N–H and O–H groups in total. The Morgan fingerprint density at radius 1 is 1.22 bits per heavy atom. The number of thiophene rings is 1. The maximum Gasteiger partial charge on any atom is 0.267 e. The summed E-state index contributed by atoms with van der Waals surface area (Å²) in [7, 11) is 0. The molecule has 0 bridgehead atoms. The van der Waals surface area contributed by atoms with Gasteiger partial charge in [-0.25, -0.2) is 4.98 Å². The number of carbonyl (C=O) groups is 1. The van der Waals surface area contributed by atoms with Crippen LogP contribution in [-0.2, 0) is 24.2 Å². The Balaban J connectivity index is 1.50. The third-order valence-corrected chi connectivity index (χ3v) is 7.75. The molecule has 0 fully saturated rings. The van der Waals surface area contributed by atoms with Crippen molar-refractivity contribution in [3.63, 3.8) is 0 Å². The predicted octanol–water partition coefficient (Wildman–Crippen LogP) is 4.64. The molecular weight excluding hydrogens is 442 g/mol. The summed E-state index contributed by atoms with van der Waals surface area (Å²) >= 11 is 2.91. The minimum atomic E-state index is -0.137. The summed E-state index contributed by atoms with van der Waals surface area (Å²) < 4.78 is 6.92. The first-order valence-electron chi connectivity index (χ1n) is 10.7. The van der Waals surface area contributed by atoms with E-state index in [0.29, 0.717) is 17.5 Å². The van der Waals surface area contributed by atoms with Gasteiger partial charge in [0, 0.05) is 4.88 Å². The Bertz CT molecular complexity index is 1320. The van der Waals surface area contributed by atoms with Crippen LogP contribution < -0.4 is 10.9 Å². The molecule has 8 heteroatoms. The molecule has 32 heavy (non-hydrogen) atoms. The lowest BCUT2D eigenvalue weighted by molar-refractivity contribution is -0.118. The van der Waals surface area contributed by atoms with Crippen molar-refractivity contribution < 1.29 is 9.21 Å². The van der Waals surface area contributed by atoms with Crippen molar-refractivity contribution in [2.45, 2.75) is 44.3 Å². The molecule has 0 unspecified atom stereocenters. The zero-order chi connectivity index (χ0) is 22.1. The minimum absolute atomic E-state index is 0.0447. The fourth-order valence-electron chi connectivity index (χ4n) is 3.98. The number of nitrogens with one attached hydrogen (secondary N) is 1. The quantitative estimate of drug-likeness (QED) is 0.332. The van der Waals surface area contributed by atoms with E-state index in [1.165, 1.54) is 22.2 Å². The third-order valence-electron chi connectivity index (χ3n) is 5.62. The maximum absolute atomic E-state index is 13.7. The Hall–Kier alpha value is -2.84. The molecule has 0 saturated heterocycles. The van der Waals surface area contributed by atoms with Crippen LogP contribution in [0, 0.1) is 6.92 Å². The van der Waals surface area contributed by atoms with Crippen LogP contribution in [0.5, 0.6) is 0 Å². The molecule has 6 nitrogen and oxygen atoms in total. The number of carbonyl (C=O) groups excluding carboxylic acids is 1. The molecule has 3 heterocycles. The monoisotopic (exact) mass is 465 g/mol. The molecule has 3 aromatic heterocycles. The number of amides is 1. The van der Waals surface area contributed by atoms with Crippen LogP contribution in [0.4, 0.5) is 0 Å². The van der Waals surface area contributed by atoms with Gasteiger partial charge in [-0.2, -0.15) is 0 Å². The highest BCUT2D eigenvalue weighted by Gasteiger charge is 2.23. The highest BCUT2D eigenvalue weighted by atomic mass is 32.2. The Labute approximate surface area is 193 Å². The van der Waals surface area contributed by atoms with Gasteiger partial charge in [-0.15, -0.1) is 11.3 Å². The molecule has 5 rings (SSSR count). The van der Waals surface area contributed by atoms with Crippen molar-refractivity contribution in [3.8, 4) is 5.69 Å². The first-order valence-corrected chi connectivity index (χ1v) is 12.5. The van der Waals surface area contributed by atoms with E-state index in [4.69, 9.17) is 9.40 Å². The highest BCUT2D eigenvalue weighted by Crippen LogP contribution is 2.35. The number of thioether (sulfide) groups is 1. The second-order valence-electron chi connectivity index (χ2n) is 7.91. The molecular formula is C24H23N3O3S2. The van der Waals surface area contributed by atoms with E-state index in [1.807, 2.05) is 37.3 Å². The second kappa shape index (κ2) is 8.96. The van der Waals surface area contributed by atoms with E-state index < -0.39 is 0 Å². The molecule has 0 atom stereocenters. The van der Waals surface area contributed by atoms with E-state index in [9.17, 15) is 9.59 Å². The van der Waals surface area contributed by atoms with Gasteiger partial charge in [0.1, 0.15) is 10.6 Å². The lowest BCUT2D eigenvalue weighted by Gasteiger charge is -2.14. The Kier molecular flexibility index (Phi) is 5.89. The number of fused-ring (bicyclic) bond motifs is 3. The van der Waals surface area contributed by atoms with Crippen molar-refractivity contribution >= 4 is 39.2 Å². The van der Waals surface area contributed by atoms with E-state index in [-0.39, 0.29) is 17.2 Å². The number of hydrogen-bond donors (Lipinski definition) is 1. The lowest BCUT2D eigenvalue weighted by atomic mass is 9.97. The van der Waals surface area contributed by atoms with Crippen molar-refractivity contribution in [1.29, 1.82) is 0 Å². The van der Waals surface area contributed by atoms with E-state index in [2.05, 4.69) is 5.32 Å². The number of aryl methyl sites for hydroxylation is 3. The summed E-state index contributed by atoms with van der Waals surface area (Å²) in [5, 5.41) is 4.13. The molecule has 1 aliphatic rings. The molecule has 0 radical (unpaired) electrons. The number of aromatic nitrogens is 2. The van der Waals surface area contributed by atoms with Gasteiger partial charge in [0.15, 0.2) is 5.16 Å². The normalized spacial score (nSPS) is 13.3. The number of hydrogen-bond acceptors (Lipinski definition) is 6. The minimum Gasteiger partial charge on any atom is -0.467 e.